The first-order valence-electron chi connectivity index (χ1n) is 11.7. The van der Waals surface area contributed by atoms with Crippen molar-refractivity contribution in [3.8, 4) is 5.75 Å². The number of ether oxygens (including phenoxy) is 3. The van der Waals surface area contributed by atoms with Crippen molar-refractivity contribution >= 4 is 28.9 Å². The predicted octanol–water partition coefficient (Wildman–Crippen LogP) is 2.95. The molecule has 0 aliphatic carbocycles. The summed E-state index contributed by atoms with van der Waals surface area (Å²) >= 11 is 0. The fourth-order valence-electron chi connectivity index (χ4n) is 3.75. The van der Waals surface area contributed by atoms with Crippen LogP contribution >= 0.6 is 0 Å². The molecule has 0 aliphatic heterocycles. The second-order valence-corrected chi connectivity index (χ2v) is 8.67. The van der Waals surface area contributed by atoms with Gasteiger partial charge in [0.1, 0.15) is 30.0 Å². The number of carbonyl (C=O) groups excluding carboxylic acids is 3. The number of alkyl carbamates (subject to hydrolysis) is 1. The SMILES string of the molecule is COC(=O)[C@H](Cc1cc(=O)oc2cc(OC)ccc12)NC(=O)[C@H](NC(=O)OCc1ccccc1)C(C)C. The van der Waals surface area contributed by atoms with Crippen LogP contribution in [0.25, 0.3) is 11.0 Å². The number of methoxy groups -OCH3 is 2. The van der Waals surface area contributed by atoms with E-state index in [-0.39, 0.29) is 24.5 Å². The summed E-state index contributed by atoms with van der Waals surface area (Å²) in [6.07, 6.45) is -0.816. The molecule has 0 fully saturated rings. The molecule has 2 amide bonds. The topological polar surface area (TPSA) is 133 Å². The number of fused-ring (bicyclic) bond motifs is 1. The second-order valence-electron chi connectivity index (χ2n) is 8.67. The fraction of sp³-hybridized carbons (Fsp3) is 0.333. The highest BCUT2D eigenvalue weighted by Gasteiger charge is 2.30. The number of hydrogen-bond acceptors (Lipinski definition) is 8. The standard InChI is InChI=1S/C27H30N2O8/c1-16(2)24(29-27(33)36-15-17-8-6-5-7-9-17)25(31)28-21(26(32)35-4)12-18-13-23(30)37-22-14-19(34-3)10-11-20(18)22/h5-11,13-14,16,21,24H,12,15H2,1-4H3,(H,28,31)(H,29,33)/t21-,24+/m0/s1. The third-order valence-corrected chi connectivity index (χ3v) is 5.70. The van der Waals surface area contributed by atoms with Crippen LogP contribution in [0.5, 0.6) is 5.75 Å². The summed E-state index contributed by atoms with van der Waals surface area (Å²) in [5, 5.41) is 5.78. The number of amides is 2. The zero-order valence-corrected chi connectivity index (χ0v) is 21.1. The summed E-state index contributed by atoms with van der Waals surface area (Å²) in [5.41, 5.74) is 0.931. The van der Waals surface area contributed by atoms with Gasteiger partial charge in [-0.1, -0.05) is 44.2 Å². The molecule has 10 heteroatoms. The predicted molar refractivity (Wildman–Crippen MR) is 135 cm³/mol. The van der Waals surface area contributed by atoms with E-state index in [0.29, 0.717) is 16.7 Å². The summed E-state index contributed by atoms with van der Waals surface area (Å²) in [7, 11) is 2.69. The van der Waals surface area contributed by atoms with Gasteiger partial charge in [-0.15, -0.1) is 0 Å². The van der Waals surface area contributed by atoms with Gasteiger partial charge < -0.3 is 29.3 Å². The monoisotopic (exact) mass is 510 g/mol. The number of benzene rings is 2. The lowest BCUT2D eigenvalue weighted by Gasteiger charge is -2.24. The third kappa shape index (κ3) is 7.33. The minimum atomic E-state index is -1.13. The maximum atomic E-state index is 13.1. The Morgan fingerprint density at radius 1 is 0.973 bits per heavy atom. The van der Waals surface area contributed by atoms with Gasteiger partial charge in [-0.2, -0.15) is 0 Å². The van der Waals surface area contributed by atoms with E-state index < -0.39 is 35.7 Å². The molecular weight excluding hydrogens is 480 g/mol. The Kier molecular flexibility index (Phi) is 9.26. The number of rotatable bonds is 10. The van der Waals surface area contributed by atoms with E-state index in [9.17, 15) is 19.2 Å². The number of hydrogen-bond donors (Lipinski definition) is 2. The lowest BCUT2D eigenvalue weighted by atomic mass is 10.00. The van der Waals surface area contributed by atoms with E-state index >= 15 is 0 Å². The Morgan fingerprint density at radius 3 is 2.35 bits per heavy atom. The molecule has 1 aromatic heterocycles. The fourth-order valence-corrected chi connectivity index (χ4v) is 3.75. The van der Waals surface area contributed by atoms with Crippen LogP contribution in [0.2, 0.25) is 0 Å². The molecule has 2 atom stereocenters. The maximum Gasteiger partial charge on any atom is 0.408 e. The normalized spacial score (nSPS) is 12.5. The third-order valence-electron chi connectivity index (χ3n) is 5.70. The maximum absolute atomic E-state index is 13.1. The smallest absolute Gasteiger partial charge is 0.408 e. The molecule has 2 N–H and O–H groups in total. The van der Waals surface area contributed by atoms with Gasteiger partial charge in [0.2, 0.25) is 5.91 Å². The van der Waals surface area contributed by atoms with Crippen LogP contribution in [0, 0.1) is 5.92 Å². The molecule has 3 rings (SSSR count). The van der Waals surface area contributed by atoms with Gasteiger partial charge in [-0.05, 0) is 29.2 Å². The van der Waals surface area contributed by atoms with Crippen molar-refractivity contribution in [2.75, 3.05) is 14.2 Å². The molecule has 10 nitrogen and oxygen atoms in total. The molecule has 0 unspecified atom stereocenters. The van der Waals surface area contributed by atoms with E-state index in [1.165, 1.54) is 20.3 Å². The van der Waals surface area contributed by atoms with Crippen LogP contribution in [-0.4, -0.2) is 44.3 Å². The first-order valence-corrected chi connectivity index (χ1v) is 11.7. The van der Waals surface area contributed by atoms with Crippen LogP contribution in [0.15, 0.2) is 63.8 Å². The molecule has 2 aromatic carbocycles. The van der Waals surface area contributed by atoms with Crippen molar-refractivity contribution in [3.05, 3.63) is 76.1 Å². The Hall–Kier alpha value is -4.34. The second kappa shape index (κ2) is 12.6. The van der Waals surface area contributed by atoms with E-state index in [0.717, 1.165) is 5.56 Å². The van der Waals surface area contributed by atoms with E-state index in [4.69, 9.17) is 18.6 Å². The van der Waals surface area contributed by atoms with Gasteiger partial charge in [0.25, 0.3) is 0 Å². The van der Waals surface area contributed by atoms with Gasteiger partial charge in [-0.25, -0.2) is 14.4 Å². The van der Waals surface area contributed by atoms with E-state index in [1.807, 2.05) is 30.3 Å². The Morgan fingerprint density at radius 2 is 1.70 bits per heavy atom. The van der Waals surface area contributed by atoms with Crippen molar-refractivity contribution in [2.24, 2.45) is 5.92 Å². The van der Waals surface area contributed by atoms with Crippen molar-refractivity contribution in [1.82, 2.24) is 10.6 Å². The molecule has 0 spiro atoms. The summed E-state index contributed by atoms with van der Waals surface area (Å²) in [6.45, 7) is 3.54. The minimum Gasteiger partial charge on any atom is -0.497 e. The average molecular weight is 511 g/mol. The number of esters is 1. The largest absolute Gasteiger partial charge is 0.497 e. The van der Waals surface area contributed by atoms with Crippen LogP contribution in [0.1, 0.15) is 25.0 Å². The first kappa shape index (κ1) is 27.3. The van der Waals surface area contributed by atoms with Crippen molar-refractivity contribution in [2.45, 2.75) is 39.0 Å². The van der Waals surface area contributed by atoms with Crippen LogP contribution in [0.3, 0.4) is 0 Å². The number of carbonyl (C=O) groups is 3. The average Bonchev–Trinajstić information content (AvgIpc) is 2.89. The summed E-state index contributed by atoms with van der Waals surface area (Å²) in [4.78, 5) is 50.3. The quantitative estimate of drug-likeness (QED) is 0.314. The van der Waals surface area contributed by atoms with Gasteiger partial charge in [-0.3, -0.25) is 4.79 Å². The molecule has 0 saturated heterocycles. The van der Waals surface area contributed by atoms with Crippen LogP contribution < -0.4 is 21.0 Å². The summed E-state index contributed by atoms with van der Waals surface area (Å²) in [5.74, 6) is -1.14. The molecule has 3 aromatic rings. The summed E-state index contributed by atoms with van der Waals surface area (Å²) < 4.78 is 20.6. The molecule has 0 aliphatic rings. The molecule has 37 heavy (non-hydrogen) atoms. The van der Waals surface area contributed by atoms with Crippen molar-refractivity contribution in [1.29, 1.82) is 0 Å². The highest BCUT2D eigenvalue weighted by Crippen LogP contribution is 2.23. The van der Waals surface area contributed by atoms with Gasteiger partial charge in [0.15, 0.2) is 0 Å². The molecule has 1 heterocycles. The zero-order chi connectivity index (χ0) is 26.9. The molecular formula is C27H30N2O8. The van der Waals surface area contributed by atoms with Gasteiger partial charge >= 0.3 is 17.7 Å². The highest BCUT2D eigenvalue weighted by atomic mass is 16.5. The van der Waals surface area contributed by atoms with E-state index in [1.54, 1.807) is 32.0 Å². The first-order chi connectivity index (χ1) is 17.7. The van der Waals surface area contributed by atoms with Crippen molar-refractivity contribution in [3.63, 3.8) is 0 Å². The Bertz CT molecular complexity index is 1300. The zero-order valence-electron chi connectivity index (χ0n) is 21.1. The number of nitrogens with one attached hydrogen (secondary N) is 2. The van der Waals surface area contributed by atoms with E-state index in [2.05, 4.69) is 10.6 Å². The lowest BCUT2D eigenvalue weighted by Crippen LogP contribution is -2.54. The Labute approximate surface area is 213 Å². The molecule has 0 radical (unpaired) electrons. The van der Waals surface area contributed by atoms with Crippen LogP contribution in [-0.2, 0) is 32.1 Å². The molecule has 0 bridgehead atoms. The molecule has 0 saturated carbocycles. The minimum absolute atomic E-state index is 0.0400. The lowest BCUT2D eigenvalue weighted by molar-refractivity contribution is -0.145. The molecule has 196 valence electrons. The van der Waals surface area contributed by atoms with Crippen molar-refractivity contribution < 1.29 is 33.0 Å². The highest BCUT2D eigenvalue weighted by molar-refractivity contribution is 5.90. The van der Waals surface area contributed by atoms with Gasteiger partial charge in [0.05, 0.1) is 14.2 Å². The van der Waals surface area contributed by atoms with Gasteiger partial charge in [0, 0.05) is 23.9 Å². The van der Waals surface area contributed by atoms with Crippen LogP contribution in [0.4, 0.5) is 4.79 Å². The summed E-state index contributed by atoms with van der Waals surface area (Å²) in [6, 6.07) is 13.2. The Balaban J connectivity index is 1.76.